The van der Waals surface area contributed by atoms with E-state index in [-0.39, 0.29) is 0 Å². The summed E-state index contributed by atoms with van der Waals surface area (Å²) in [6.07, 6.45) is 0. The summed E-state index contributed by atoms with van der Waals surface area (Å²) in [6.45, 7) is 0. The molecule has 0 unspecified atom stereocenters. The van der Waals surface area contributed by atoms with Gasteiger partial charge in [0.25, 0.3) is 0 Å². The molecule has 94 valence electrons. The van der Waals surface area contributed by atoms with Crippen LogP contribution in [-0.2, 0) is 0 Å². The second kappa shape index (κ2) is 4.78. The van der Waals surface area contributed by atoms with Gasteiger partial charge in [-0.1, -0.05) is 12.1 Å². The van der Waals surface area contributed by atoms with E-state index in [9.17, 15) is 17.6 Å². The minimum atomic E-state index is -1.53. The Morgan fingerprint density at radius 3 is 1.22 bits per heavy atom. The first-order chi connectivity index (χ1) is 8.52. The lowest BCUT2D eigenvalue weighted by Gasteiger charge is -2.15. The van der Waals surface area contributed by atoms with E-state index in [4.69, 9.17) is 5.73 Å². The van der Waals surface area contributed by atoms with Crippen molar-refractivity contribution in [1.82, 2.24) is 0 Å². The van der Waals surface area contributed by atoms with Crippen LogP contribution in [-0.4, -0.2) is 0 Å². The van der Waals surface area contributed by atoms with Crippen molar-refractivity contribution in [1.29, 1.82) is 0 Å². The van der Waals surface area contributed by atoms with Crippen LogP contribution < -0.4 is 5.73 Å². The number of nitrogens with two attached hydrogens (primary N) is 1. The third kappa shape index (κ3) is 2.09. The minimum absolute atomic E-state index is 0.554. The summed E-state index contributed by atoms with van der Waals surface area (Å²) < 4.78 is 53.9. The zero-order valence-electron chi connectivity index (χ0n) is 9.13. The first-order valence-electron chi connectivity index (χ1n) is 5.15. The highest BCUT2D eigenvalue weighted by molar-refractivity contribution is 5.34. The van der Waals surface area contributed by atoms with E-state index in [1.54, 1.807) is 0 Å². The van der Waals surface area contributed by atoms with E-state index in [2.05, 4.69) is 0 Å². The third-order valence-corrected chi connectivity index (χ3v) is 2.62. The average molecular weight is 255 g/mol. The normalized spacial score (nSPS) is 11.0. The van der Waals surface area contributed by atoms with Gasteiger partial charge < -0.3 is 5.73 Å². The quantitative estimate of drug-likeness (QED) is 0.819. The van der Waals surface area contributed by atoms with Crippen LogP contribution in [0.1, 0.15) is 17.2 Å². The summed E-state index contributed by atoms with van der Waals surface area (Å²) in [5.74, 6) is -3.76. The summed E-state index contributed by atoms with van der Waals surface area (Å²) in [4.78, 5) is 0. The van der Waals surface area contributed by atoms with Crippen molar-refractivity contribution in [2.75, 3.05) is 0 Å². The lowest BCUT2D eigenvalue weighted by atomic mass is 9.97. The minimum Gasteiger partial charge on any atom is -0.320 e. The molecule has 0 aliphatic heterocycles. The summed E-state index contributed by atoms with van der Waals surface area (Å²) in [7, 11) is 0. The number of hydrogen-bond donors (Lipinski definition) is 1. The van der Waals surface area contributed by atoms with Gasteiger partial charge in [-0.25, -0.2) is 17.6 Å². The zero-order valence-corrected chi connectivity index (χ0v) is 9.13. The number of rotatable bonds is 2. The molecule has 0 fully saturated rings. The number of benzene rings is 2. The van der Waals surface area contributed by atoms with Crippen molar-refractivity contribution in [3.63, 3.8) is 0 Å². The summed E-state index contributed by atoms with van der Waals surface area (Å²) in [5, 5.41) is 0. The maximum Gasteiger partial charge on any atom is 0.131 e. The molecule has 0 bridgehead atoms. The Bertz CT molecular complexity index is 491. The Morgan fingerprint density at radius 2 is 0.944 bits per heavy atom. The highest BCUT2D eigenvalue weighted by atomic mass is 19.1. The van der Waals surface area contributed by atoms with Gasteiger partial charge in [-0.3, -0.25) is 0 Å². The second-order valence-electron chi connectivity index (χ2n) is 3.75. The molecule has 2 rings (SSSR count). The lowest BCUT2D eigenvalue weighted by Crippen LogP contribution is -2.18. The molecule has 0 saturated heterocycles. The van der Waals surface area contributed by atoms with Gasteiger partial charge in [0, 0.05) is 11.1 Å². The monoisotopic (exact) mass is 255 g/mol. The molecule has 1 nitrogen and oxygen atoms in total. The average Bonchev–Trinajstić information content (AvgIpc) is 2.28. The molecule has 0 atom stereocenters. The smallest absolute Gasteiger partial charge is 0.131 e. The van der Waals surface area contributed by atoms with Crippen LogP contribution in [0, 0.1) is 23.3 Å². The summed E-state index contributed by atoms with van der Waals surface area (Å²) >= 11 is 0. The van der Waals surface area contributed by atoms with Crippen molar-refractivity contribution in [2.24, 2.45) is 5.73 Å². The molecule has 5 heteroatoms. The molecule has 0 aromatic heterocycles. The largest absolute Gasteiger partial charge is 0.320 e. The van der Waals surface area contributed by atoms with Gasteiger partial charge >= 0.3 is 0 Å². The van der Waals surface area contributed by atoms with E-state index in [0.717, 1.165) is 36.4 Å². The first-order valence-corrected chi connectivity index (χ1v) is 5.15. The standard InChI is InChI=1S/C13H9F4N/c14-7-3-1-4-8(15)11(7)13(18)12-9(16)5-2-6-10(12)17/h1-6,13H,18H2. The van der Waals surface area contributed by atoms with E-state index in [1.807, 2.05) is 0 Å². The van der Waals surface area contributed by atoms with E-state index in [0.29, 0.717) is 0 Å². The SMILES string of the molecule is NC(c1c(F)cccc1F)c1c(F)cccc1F. The fourth-order valence-corrected chi connectivity index (χ4v) is 1.76. The fraction of sp³-hybridized carbons (Fsp3) is 0.0769. The van der Waals surface area contributed by atoms with Crippen molar-refractivity contribution in [2.45, 2.75) is 6.04 Å². The Hall–Kier alpha value is -1.88. The summed E-state index contributed by atoms with van der Waals surface area (Å²) in [5.41, 5.74) is 4.45. The van der Waals surface area contributed by atoms with Gasteiger partial charge in [0.2, 0.25) is 0 Å². The molecular formula is C13H9F4N. The molecule has 2 aromatic rings. The highest BCUT2D eigenvalue weighted by Gasteiger charge is 2.23. The number of hydrogen-bond acceptors (Lipinski definition) is 1. The predicted octanol–water partition coefficient (Wildman–Crippen LogP) is 3.29. The Morgan fingerprint density at radius 1 is 0.667 bits per heavy atom. The van der Waals surface area contributed by atoms with Crippen LogP contribution in [0.15, 0.2) is 36.4 Å². The molecule has 0 aliphatic carbocycles. The molecular weight excluding hydrogens is 246 g/mol. The Balaban J connectivity index is 2.58. The van der Waals surface area contributed by atoms with Gasteiger partial charge in [0.15, 0.2) is 0 Å². The van der Waals surface area contributed by atoms with Crippen LogP contribution >= 0.6 is 0 Å². The van der Waals surface area contributed by atoms with Crippen molar-refractivity contribution >= 4 is 0 Å². The molecule has 0 radical (unpaired) electrons. The Kier molecular flexibility index (Phi) is 3.34. The predicted molar refractivity (Wildman–Crippen MR) is 58.7 cm³/mol. The van der Waals surface area contributed by atoms with Crippen LogP contribution in [0.5, 0.6) is 0 Å². The van der Waals surface area contributed by atoms with Gasteiger partial charge in [-0.05, 0) is 24.3 Å². The van der Waals surface area contributed by atoms with E-state index < -0.39 is 40.4 Å². The van der Waals surface area contributed by atoms with Crippen LogP contribution in [0.2, 0.25) is 0 Å². The molecule has 0 spiro atoms. The zero-order chi connectivity index (χ0) is 13.3. The topological polar surface area (TPSA) is 26.0 Å². The molecule has 0 saturated carbocycles. The van der Waals surface area contributed by atoms with Crippen molar-refractivity contribution in [3.8, 4) is 0 Å². The van der Waals surface area contributed by atoms with Crippen molar-refractivity contribution in [3.05, 3.63) is 70.8 Å². The van der Waals surface area contributed by atoms with E-state index in [1.165, 1.54) is 0 Å². The number of halogens is 4. The molecule has 2 aromatic carbocycles. The molecule has 18 heavy (non-hydrogen) atoms. The maximum absolute atomic E-state index is 13.5. The van der Waals surface area contributed by atoms with Crippen LogP contribution in [0.3, 0.4) is 0 Å². The fourth-order valence-electron chi connectivity index (χ4n) is 1.76. The maximum atomic E-state index is 13.5. The second-order valence-corrected chi connectivity index (χ2v) is 3.75. The van der Waals surface area contributed by atoms with Crippen molar-refractivity contribution < 1.29 is 17.6 Å². The summed E-state index contributed by atoms with van der Waals surface area (Å²) in [6, 6.07) is 4.70. The van der Waals surface area contributed by atoms with Gasteiger partial charge in [-0.2, -0.15) is 0 Å². The lowest BCUT2D eigenvalue weighted by molar-refractivity contribution is 0.511. The van der Waals surface area contributed by atoms with E-state index >= 15 is 0 Å². The van der Waals surface area contributed by atoms with Crippen LogP contribution in [0.25, 0.3) is 0 Å². The molecule has 0 amide bonds. The highest BCUT2D eigenvalue weighted by Crippen LogP contribution is 2.28. The molecule has 0 heterocycles. The first kappa shape index (κ1) is 12.6. The van der Waals surface area contributed by atoms with Gasteiger partial charge in [0.05, 0.1) is 6.04 Å². The Labute approximate surface area is 101 Å². The van der Waals surface area contributed by atoms with Crippen LogP contribution in [0.4, 0.5) is 17.6 Å². The van der Waals surface area contributed by atoms with Gasteiger partial charge in [-0.15, -0.1) is 0 Å². The third-order valence-electron chi connectivity index (χ3n) is 2.62. The molecule has 2 N–H and O–H groups in total. The van der Waals surface area contributed by atoms with Gasteiger partial charge in [0.1, 0.15) is 23.3 Å². The molecule has 0 aliphatic rings.